The summed E-state index contributed by atoms with van der Waals surface area (Å²) in [5.41, 5.74) is 1.75. The van der Waals surface area contributed by atoms with Crippen molar-refractivity contribution < 1.29 is 4.74 Å². The zero-order chi connectivity index (χ0) is 12.3. The Morgan fingerprint density at radius 1 is 1.53 bits per heavy atom. The Balaban J connectivity index is 2.24. The van der Waals surface area contributed by atoms with E-state index in [9.17, 15) is 0 Å². The third-order valence-electron chi connectivity index (χ3n) is 2.90. The molecule has 0 amide bonds. The number of rotatable bonds is 2. The van der Waals surface area contributed by atoms with Crippen LogP contribution in [-0.2, 0) is 0 Å². The molecule has 17 heavy (non-hydrogen) atoms. The predicted molar refractivity (Wildman–Crippen MR) is 70.1 cm³/mol. The molecule has 0 aromatic heterocycles. The van der Waals surface area contributed by atoms with Gasteiger partial charge in [-0.15, -0.1) is 11.8 Å². The van der Waals surface area contributed by atoms with Gasteiger partial charge in [-0.05, 0) is 30.7 Å². The molecule has 1 fully saturated rings. The van der Waals surface area contributed by atoms with E-state index in [0.717, 1.165) is 12.1 Å². The summed E-state index contributed by atoms with van der Waals surface area (Å²) in [6.07, 6.45) is 1.20. The highest BCUT2D eigenvalue weighted by molar-refractivity contribution is 8.00. The fourth-order valence-corrected chi connectivity index (χ4v) is 3.17. The van der Waals surface area contributed by atoms with Crippen LogP contribution in [0.3, 0.4) is 0 Å². The van der Waals surface area contributed by atoms with E-state index in [1.165, 1.54) is 6.42 Å². The van der Waals surface area contributed by atoms with E-state index in [-0.39, 0.29) is 5.37 Å². The minimum absolute atomic E-state index is 0.289. The van der Waals surface area contributed by atoms with Gasteiger partial charge in [-0.1, -0.05) is 13.0 Å². The first-order valence-corrected chi connectivity index (χ1v) is 6.65. The molecule has 1 aliphatic rings. The molecule has 1 aromatic carbocycles. The summed E-state index contributed by atoms with van der Waals surface area (Å²) < 4.78 is 5.15. The minimum atomic E-state index is 0.289. The summed E-state index contributed by atoms with van der Waals surface area (Å²) in [6.45, 7) is 3.28. The molecule has 1 heterocycles. The van der Waals surface area contributed by atoms with Crippen molar-refractivity contribution in [2.75, 3.05) is 13.7 Å². The van der Waals surface area contributed by atoms with Crippen LogP contribution in [0, 0.1) is 11.3 Å². The van der Waals surface area contributed by atoms with Crippen molar-refractivity contribution in [3.63, 3.8) is 0 Å². The Kier molecular flexibility index (Phi) is 3.93. The molecule has 1 aliphatic heterocycles. The van der Waals surface area contributed by atoms with E-state index in [1.54, 1.807) is 7.11 Å². The molecule has 2 unspecified atom stereocenters. The average Bonchev–Trinajstić information content (AvgIpc) is 2.38. The van der Waals surface area contributed by atoms with E-state index < -0.39 is 0 Å². The molecule has 1 aromatic rings. The van der Waals surface area contributed by atoms with Crippen molar-refractivity contribution in [3.05, 3.63) is 29.3 Å². The number of ether oxygens (including phenoxy) is 1. The molecule has 0 bridgehead atoms. The molecule has 3 nitrogen and oxygen atoms in total. The summed E-state index contributed by atoms with van der Waals surface area (Å²) in [6, 6.07) is 7.99. The second-order valence-corrected chi connectivity index (χ2v) is 5.69. The monoisotopic (exact) mass is 248 g/mol. The third-order valence-corrected chi connectivity index (χ3v) is 4.31. The van der Waals surface area contributed by atoms with Crippen LogP contribution in [0.5, 0.6) is 5.75 Å². The summed E-state index contributed by atoms with van der Waals surface area (Å²) in [5.74, 6) is 0.644. The van der Waals surface area contributed by atoms with E-state index in [2.05, 4.69) is 18.3 Å². The maximum Gasteiger partial charge on any atom is 0.136 e. The van der Waals surface area contributed by atoms with E-state index in [4.69, 9.17) is 10.00 Å². The first kappa shape index (κ1) is 12.3. The third kappa shape index (κ3) is 2.74. The van der Waals surface area contributed by atoms with E-state index in [1.807, 2.05) is 30.0 Å². The minimum Gasteiger partial charge on any atom is -0.495 e. The number of thioether (sulfide) groups is 1. The number of methoxy groups -OCH3 is 1. The predicted octanol–water partition coefficient (Wildman–Crippen LogP) is 2.68. The van der Waals surface area contributed by atoms with Crippen LogP contribution in [0.15, 0.2) is 18.2 Å². The highest BCUT2D eigenvalue weighted by Crippen LogP contribution is 2.35. The standard InChI is InChI=1S/C13H16N2OS/c1-9-5-6-15-13(17-9)10-3-4-12(16-2)11(7-10)8-14/h3-4,7,9,13,15H,5-6H2,1-2H3. The van der Waals surface area contributed by atoms with E-state index >= 15 is 0 Å². The number of hydrogen-bond donors (Lipinski definition) is 1. The molecule has 2 atom stereocenters. The lowest BCUT2D eigenvalue weighted by atomic mass is 10.1. The van der Waals surface area contributed by atoms with Gasteiger partial charge < -0.3 is 10.1 Å². The average molecular weight is 248 g/mol. The topological polar surface area (TPSA) is 45.0 Å². The summed E-state index contributed by atoms with van der Waals surface area (Å²) in [4.78, 5) is 0. The first-order valence-electron chi connectivity index (χ1n) is 5.71. The number of nitrogens with one attached hydrogen (secondary N) is 1. The molecular weight excluding hydrogens is 232 g/mol. The largest absolute Gasteiger partial charge is 0.495 e. The second kappa shape index (κ2) is 5.44. The summed E-state index contributed by atoms with van der Waals surface area (Å²) in [7, 11) is 1.59. The van der Waals surface area contributed by atoms with Crippen LogP contribution in [0.4, 0.5) is 0 Å². The lowest BCUT2D eigenvalue weighted by Crippen LogP contribution is -2.28. The number of nitrogens with zero attached hydrogens (tertiary/aromatic N) is 1. The number of nitriles is 1. The van der Waals surface area contributed by atoms with Gasteiger partial charge in [0.25, 0.3) is 0 Å². The number of benzene rings is 1. The molecule has 0 spiro atoms. The molecule has 0 aliphatic carbocycles. The maximum atomic E-state index is 9.07. The van der Waals surface area contributed by atoms with Gasteiger partial charge in [-0.2, -0.15) is 5.26 Å². The van der Waals surface area contributed by atoms with E-state index in [0.29, 0.717) is 16.6 Å². The summed E-state index contributed by atoms with van der Waals surface area (Å²) >= 11 is 1.91. The highest BCUT2D eigenvalue weighted by Gasteiger charge is 2.21. The Morgan fingerprint density at radius 2 is 2.35 bits per heavy atom. The van der Waals surface area contributed by atoms with Gasteiger partial charge in [0.2, 0.25) is 0 Å². The molecule has 0 radical (unpaired) electrons. The molecular formula is C13H16N2OS. The van der Waals surface area contributed by atoms with Gasteiger partial charge >= 0.3 is 0 Å². The maximum absolute atomic E-state index is 9.07. The fraction of sp³-hybridized carbons (Fsp3) is 0.462. The van der Waals surface area contributed by atoms with Crippen LogP contribution in [0.2, 0.25) is 0 Å². The van der Waals surface area contributed by atoms with Crippen molar-refractivity contribution >= 4 is 11.8 Å². The zero-order valence-corrected chi connectivity index (χ0v) is 10.9. The molecule has 2 rings (SSSR count). The Bertz CT molecular complexity index is 442. The Hall–Kier alpha value is -1.18. The van der Waals surface area contributed by atoms with Crippen LogP contribution in [-0.4, -0.2) is 18.9 Å². The van der Waals surface area contributed by atoms with Crippen LogP contribution in [0.1, 0.15) is 29.8 Å². The van der Waals surface area contributed by atoms with Crippen molar-refractivity contribution in [2.24, 2.45) is 0 Å². The lowest BCUT2D eigenvalue weighted by Gasteiger charge is -2.28. The molecule has 0 saturated carbocycles. The number of hydrogen-bond acceptors (Lipinski definition) is 4. The van der Waals surface area contributed by atoms with Gasteiger partial charge in [0.05, 0.1) is 18.0 Å². The highest BCUT2D eigenvalue weighted by atomic mass is 32.2. The van der Waals surface area contributed by atoms with Crippen molar-refractivity contribution in [3.8, 4) is 11.8 Å². The Morgan fingerprint density at radius 3 is 3.00 bits per heavy atom. The van der Waals surface area contributed by atoms with Crippen LogP contribution < -0.4 is 10.1 Å². The summed E-state index contributed by atoms with van der Waals surface area (Å²) in [5, 5.41) is 13.5. The van der Waals surface area contributed by atoms with Crippen LogP contribution in [0.25, 0.3) is 0 Å². The van der Waals surface area contributed by atoms with Crippen molar-refractivity contribution in [1.82, 2.24) is 5.32 Å². The van der Waals surface area contributed by atoms with Crippen LogP contribution >= 0.6 is 11.8 Å². The smallest absolute Gasteiger partial charge is 0.136 e. The molecule has 1 N–H and O–H groups in total. The zero-order valence-electron chi connectivity index (χ0n) is 10.1. The SMILES string of the molecule is COc1ccc(C2NCCC(C)S2)cc1C#N. The second-order valence-electron chi connectivity index (χ2n) is 4.14. The Labute approximate surface area is 106 Å². The molecule has 4 heteroatoms. The van der Waals surface area contributed by atoms with Gasteiger partial charge in [-0.3, -0.25) is 0 Å². The normalized spacial score (nSPS) is 24.1. The van der Waals surface area contributed by atoms with Gasteiger partial charge in [-0.25, -0.2) is 0 Å². The van der Waals surface area contributed by atoms with Gasteiger partial charge in [0.1, 0.15) is 11.8 Å². The first-order chi connectivity index (χ1) is 8.24. The van der Waals surface area contributed by atoms with Gasteiger partial charge in [0.15, 0.2) is 0 Å². The lowest BCUT2D eigenvalue weighted by molar-refractivity contribution is 0.413. The molecule has 1 saturated heterocycles. The van der Waals surface area contributed by atoms with Crippen molar-refractivity contribution in [2.45, 2.75) is 24.0 Å². The van der Waals surface area contributed by atoms with Gasteiger partial charge in [0, 0.05) is 5.25 Å². The quantitative estimate of drug-likeness (QED) is 0.874. The van der Waals surface area contributed by atoms with Crippen molar-refractivity contribution in [1.29, 1.82) is 5.26 Å². The molecule has 90 valence electrons. The fourth-order valence-electron chi connectivity index (χ4n) is 1.94.